The van der Waals surface area contributed by atoms with E-state index in [1.54, 1.807) is 25.1 Å². The van der Waals surface area contributed by atoms with Gasteiger partial charge in [-0.05, 0) is 24.6 Å². The summed E-state index contributed by atoms with van der Waals surface area (Å²) in [6, 6.07) is 8.04. The number of hydrogen-bond donors (Lipinski definition) is 1. The Balaban J connectivity index is 0.00000154. The van der Waals surface area contributed by atoms with Crippen LogP contribution < -0.4 is 4.74 Å². The average molecular weight is 280 g/mol. The number of ether oxygens (including phenoxy) is 1. The zero-order valence-electron chi connectivity index (χ0n) is 11.5. The number of methoxy groups -OCH3 is 1. The van der Waals surface area contributed by atoms with Crippen LogP contribution in [0.4, 0.5) is 0 Å². The quantitative estimate of drug-likeness (QED) is 0.643. The van der Waals surface area contributed by atoms with E-state index in [4.69, 9.17) is 9.84 Å². The third-order valence-electron chi connectivity index (χ3n) is 2.12. The summed E-state index contributed by atoms with van der Waals surface area (Å²) in [5.74, 6) is 1.77. The van der Waals surface area contributed by atoms with Crippen molar-refractivity contribution in [1.29, 1.82) is 0 Å². The number of aliphatic hydroxyl groups excluding tert-OH is 1. The minimum Gasteiger partial charge on any atom is -0.497 e. The summed E-state index contributed by atoms with van der Waals surface area (Å²) in [4.78, 5) is 1.08. The van der Waals surface area contributed by atoms with Crippen LogP contribution in [0, 0.1) is 0 Å². The number of hydrogen-bond acceptors (Lipinski definition) is 5. The molecule has 0 radical (unpaired) electrons. The maximum atomic E-state index is 7.00. The second kappa shape index (κ2) is 11.5. The molecule has 1 N–H and O–H groups in total. The van der Waals surface area contributed by atoms with Crippen LogP contribution in [-0.2, 0) is 5.75 Å². The van der Waals surface area contributed by atoms with Gasteiger partial charge in [0.15, 0.2) is 0 Å². The Morgan fingerprint density at radius 3 is 2.47 bits per heavy atom. The average Bonchev–Trinajstić information content (AvgIpc) is 2.50. The van der Waals surface area contributed by atoms with Gasteiger partial charge >= 0.3 is 0 Å². The van der Waals surface area contributed by atoms with Gasteiger partial charge in [0.1, 0.15) is 5.75 Å². The fourth-order valence-corrected chi connectivity index (χ4v) is 2.00. The van der Waals surface area contributed by atoms with Gasteiger partial charge in [0.2, 0.25) is 0 Å². The summed E-state index contributed by atoms with van der Waals surface area (Å²) in [6.07, 6.45) is 3.71. The lowest BCUT2D eigenvalue weighted by molar-refractivity contribution is 0.399. The number of nitrogens with zero attached hydrogens (tertiary/aromatic N) is 2. The van der Waals surface area contributed by atoms with E-state index in [0.717, 1.165) is 23.5 Å². The van der Waals surface area contributed by atoms with Crippen LogP contribution in [0.5, 0.6) is 5.75 Å². The predicted molar refractivity (Wildman–Crippen MR) is 84.2 cm³/mol. The molecular formula is C14H20N2O2S. The Bertz CT molecular complexity index is 414. The molecule has 104 valence electrons. The number of allylic oxidation sites excluding steroid dienone is 2. The molecule has 4 nitrogen and oxygen atoms in total. The molecule has 0 heterocycles. The van der Waals surface area contributed by atoms with Crippen molar-refractivity contribution in [3.63, 3.8) is 0 Å². The van der Waals surface area contributed by atoms with Gasteiger partial charge in [-0.25, -0.2) is 0 Å². The van der Waals surface area contributed by atoms with Crippen molar-refractivity contribution in [1.82, 2.24) is 0 Å². The van der Waals surface area contributed by atoms with Crippen molar-refractivity contribution in [2.75, 3.05) is 14.2 Å². The first kappa shape index (κ1) is 17.4. The maximum absolute atomic E-state index is 7.00. The Morgan fingerprint density at radius 2 is 2.00 bits per heavy atom. The molecule has 0 fully saturated rings. The maximum Gasteiger partial charge on any atom is 0.118 e. The van der Waals surface area contributed by atoms with Gasteiger partial charge in [0.05, 0.1) is 13.3 Å². The van der Waals surface area contributed by atoms with Gasteiger partial charge in [-0.3, -0.25) is 0 Å². The molecule has 0 aliphatic heterocycles. The van der Waals surface area contributed by atoms with Gasteiger partial charge in [0.25, 0.3) is 0 Å². The third-order valence-corrected chi connectivity index (χ3v) is 3.27. The van der Waals surface area contributed by atoms with E-state index in [9.17, 15) is 0 Å². The molecule has 0 bridgehead atoms. The second-order valence-electron chi connectivity index (χ2n) is 3.21. The smallest absolute Gasteiger partial charge is 0.118 e. The second-order valence-corrected chi connectivity index (χ2v) is 4.26. The topological polar surface area (TPSA) is 54.2 Å². The molecule has 1 aromatic carbocycles. The number of rotatable bonds is 6. The van der Waals surface area contributed by atoms with E-state index in [1.165, 1.54) is 5.56 Å². The van der Waals surface area contributed by atoms with Gasteiger partial charge < -0.3 is 9.84 Å². The highest BCUT2D eigenvalue weighted by atomic mass is 32.2. The molecule has 0 aliphatic carbocycles. The van der Waals surface area contributed by atoms with Crippen LogP contribution in [-0.4, -0.2) is 32.3 Å². The van der Waals surface area contributed by atoms with Crippen molar-refractivity contribution in [2.24, 2.45) is 10.2 Å². The Hall–Kier alpha value is -1.59. The van der Waals surface area contributed by atoms with E-state index < -0.39 is 0 Å². The summed E-state index contributed by atoms with van der Waals surface area (Å²) < 4.78 is 5.11. The highest BCUT2D eigenvalue weighted by Crippen LogP contribution is 2.21. The first-order valence-electron chi connectivity index (χ1n) is 5.66. The minimum atomic E-state index is 0.877. The van der Waals surface area contributed by atoms with E-state index in [-0.39, 0.29) is 0 Å². The van der Waals surface area contributed by atoms with Gasteiger partial charge in [-0.2, -0.15) is 10.2 Å². The van der Waals surface area contributed by atoms with Crippen LogP contribution in [0.25, 0.3) is 0 Å². The van der Waals surface area contributed by atoms with Crippen LogP contribution in [0.3, 0.4) is 0 Å². The summed E-state index contributed by atoms with van der Waals surface area (Å²) in [5, 5.41) is 14.2. The van der Waals surface area contributed by atoms with Gasteiger partial charge in [-0.1, -0.05) is 18.2 Å². The van der Waals surface area contributed by atoms with Crippen molar-refractivity contribution < 1.29 is 9.84 Å². The lowest BCUT2D eigenvalue weighted by Crippen LogP contribution is -1.85. The van der Waals surface area contributed by atoms with E-state index >= 15 is 0 Å². The van der Waals surface area contributed by atoms with E-state index in [1.807, 2.05) is 25.1 Å². The monoisotopic (exact) mass is 280 g/mol. The first-order chi connectivity index (χ1) is 9.30. The Labute approximate surface area is 118 Å². The standard InChI is InChI=1S/C13H16N2OS.CH4O/c1-4-13(9-15-14-2)17-10-11-5-7-12(16-3)8-6-11;1-2/h4-9H,2,10H2,1,3H3;2H,1H3/b13-4+,15-9-;. The molecule has 0 aliphatic rings. The molecule has 1 rings (SSSR count). The molecule has 0 saturated heterocycles. The SMILES string of the molecule is C=N/N=C\C(=C/C)SCc1ccc(OC)cc1.CO. The van der Waals surface area contributed by atoms with Crippen LogP contribution >= 0.6 is 11.8 Å². The number of thioether (sulfide) groups is 1. The summed E-state index contributed by atoms with van der Waals surface area (Å²) in [6.45, 7) is 5.28. The summed E-state index contributed by atoms with van der Waals surface area (Å²) >= 11 is 1.71. The highest BCUT2D eigenvalue weighted by molar-refractivity contribution is 8.03. The highest BCUT2D eigenvalue weighted by Gasteiger charge is 1.97. The normalized spacial score (nSPS) is 10.8. The molecule has 1 aromatic rings. The van der Waals surface area contributed by atoms with Crippen LogP contribution in [0.15, 0.2) is 45.4 Å². The van der Waals surface area contributed by atoms with Crippen LogP contribution in [0.1, 0.15) is 12.5 Å². The lowest BCUT2D eigenvalue weighted by Gasteiger charge is -2.03. The zero-order valence-corrected chi connectivity index (χ0v) is 12.4. The van der Waals surface area contributed by atoms with Crippen molar-refractivity contribution in [3.8, 4) is 5.75 Å². The minimum absolute atomic E-state index is 0.877. The Morgan fingerprint density at radius 1 is 1.37 bits per heavy atom. The zero-order chi connectivity index (χ0) is 14.5. The Kier molecular flexibility index (Phi) is 10.5. The summed E-state index contributed by atoms with van der Waals surface area (Å²) in [7, 11) is 2.67. The molecule has 0 saturated carbocycles. The molecule has 0 aromatic heterocycles. The molecule has 0 unspecified atom stereocenters. The third kappa shape index (κ3) is 7.43. The first-order valence-corrected chi connectivity index (χ1v) is 6.64. The van der Waals surface area contributed by atoms with Crippen molar-refractivity contribution >= 4 is 24.7 Å². The van der Waals surface area contributed by atoms with Crippen molar-refractivity contribution in [3.05, 3.63) is 40.8 Å². The fourth-order valence-electron chi connectivity index (χ4n) is 1.18. The predicted octanol–water partition coefficient (Wildman–Crippen LogP) is 3.13. The van der Waals surface area contributed by atoms with E-state index in [0.29, 0.717) is 0 Å². The molecule has 0 spiro atoms. The molecule has 0 amide bonds. The molecule has 5 heteroatoms. The van der Waals surface area contributed by atoms with Gasteiger partial charge in [0, 0.05) is 24.5 Å². The van der Waals surface area contributed by atoms with Crippen LogP contribution in [0.2, 0.25) is 0 Å². The largest absolute Gasteiger partial charge is 0.497 e. The summed E-state index contributed by atoms with van der Waals surface area (Å²) in [5.41, 5.74) is 1.25. The lowest BCUT2D eigenvalue weighted by atomic mass is 10.2. The van der Waals surface area contributed by atoms with Crippen molar-refractivity contribution in [2.45, 2.75) is 12.7 Å². The van der Waals surface area contributed by atoms with E-state index in [2.05, 4.69) is 29.1 Å². The molecule has 19 heavy (non-hydrogen) atoms. The molecular weight excluding hydrogens is 260 g/mol. The molecule has 0 atom stereocenters. The number of benzene rings is 1. The fraction of sp³-hybridized carbons (Fsp3) is 0.286. The van der Waals surface area contributed by atoms with Gasteiger partial charge in [-0.15, -0.1) is 11.8 Å². The number of aliphatic hydroxyl groups is 1.